The van der Waals surface area contributed by atoms with E-state index in [1.807, 2.05) is 0 Å². The molecule has 1 atom stereocenters. The molecule has 1 saturated heterocycles. The Kier molecular flexibility index (Phi) is 3.38. The lowest BCUT2D eigenvalue weighted by Crippen LogP contribution is -2.58. The lowest BCUT2D eigenvalue weighted by atomic mass is 9.70. The minimum atomic E-state index is -0.724. The first-order valence-electron chi connectivity index (χ1n) is 7.20. The second kappa shape index (κ2) is 5.05. The molecular weight excluding hydrogens is 257 g/mol. The second-order valence-corrected chi connectivity index (χ2v) is 5.92. The molecule has 1 aromatic rings. The van der Waals surface area contributed by atoms with Crippen LogP contribution in [0.5, 0.6) is 0 Å². The lowest BCUT2D eigenvalue weighted by molar-refractivity contribution is 0.0997. The van der Waals surface area contributed by atoms with Gasteiger partial charge in [0.1, 0.15) is 5.82 Å². The number of nitrogens with two attached hydrogens (primary N) is 1. The number of carbonyl (C=O) groups is 1. The number of piperidine rings is 1. The van der Waals surface area contributed by atoms with Crippen LogP contribution in [0.4, 0.5) is 10.1 Å². The molecule has 1 unspecified atom stereocenters. The van der Waals surface area contributed by atoms with E-state index in [0.717, 1.165) is 19.4 Å². The van der Waals surface area contributed by atoms with E-state index < -0.39 is 11.7 Å². The number of nitrogens with one attached hydrogen (secondary N) is 2. The third kappa shape index (κ3) is 2.38. The number of hydrogen-bond acceptors (Lipinski definition) is 3. The first kappa shape index (κ1) is 13.4. The minimum Gasteiger partial charge on any atom is -0.381 e. The number of benzene rings is 1. The molecule has 20 heavy (non-hydrogen) atoms. The van der Waals surface area contributed by atoms with Crippen LogP contribution < -0.4 is 16.4 Å². The van der Waals surface area contributed by atoms with Crippen molar-refractivity contribution in [1.29, 1.82) is 0 Å². The van der Waals surface area contributed by atoms with Gasteiger partial charge in [0.2, 0.25) is 0 Å². The Hall–Kier alpha value is -1.62. The average molecular weight is 277 g/mol. The summed E-state index contributed by atoms with van der Waals surface area (Å²) in [5, 5.41) is 6.90. The van der Waals surface area contributed by atoms with Crippen LogP contribution in [0.15, 0.2) is 18.2 Å². The Labute approximate surface area is 117 Å². The molecular formula is C15H20FN3O. The number of anilines is 1. The second-order valence-electron chi connectivity index (χ2n) is 5.92. The van der Waals surface area contributed by atoms with Gasteiger partial charge in [-0.1, -0.05) is 6.07 Å². The molecule has 3 rings (SSSR count). The number of hydrogen-bond donors (Lipinski definition) is 3. The molecule has 5 heteroatoms. The summed E-state index contributed by atoms with van der Waals surface area (Å²) >= 11 is 0. The lowest BCUT2D eigenvalue weighted by Gasteiger charge is -2.48. The van der Waals surface area contributed by atoms with E-state index in [0.29, 0.717) is 5.69 Å². The zero-order valence-electron chi connectivity index (χ0n) is 11.4. The van der Waals surface area contributed by atoms with E-state index in [9.17, 15) is 9.18 Å². The fourth-order valence-corrected chi connectivity index (χ4v) is 3.38. The van der Waals surface area contributed by atoms with E-state index in [-0.39, 0.29) is 17.1 Å². The maximum absolute atomic E-state index is 13.7. The predicted molar refractivity (Wildman–Crippen MR) is 76.1 cm³/mol. The highest BCUT2D eigenvalue weighted by atomic mass is 19.1. The van der Waals surface area contributed by atoms with Crippen LogP contribution in [0.2, 0.25) is 0 Å². The van der Waals surface area contributed by atoms with Gasteiger partial charge in [0.05, 0.1) is 11.3 Å². The smallest absolute Gasteiger partial charge is 0.253 e. The van der Waals surface area contributed by atoms with Crippen LogP contribution in [-0.2, 0) is 0 Å². The first-order chi connectivity index (χ1) is 9.60. The molecule has 0 radical (unpaired) electrons. The van der Waals surface area contributed by atoms with Gasteiger partial charge < -0.3 is 16.4 Å². The topological polar surface area (TPSA) is 67.2 Å². The maximum atomic E-state index is 13.7. The molecule has 4 nitrogen and oxygen atoms in total. The third-order valence-electron chi connectivity index (χ3n) is 4.56. The third-order valence-corrected chi connectivity index (χ3v) is 4.56. The van der Waals surface area contributed by atoms with Gasteiger partial charge in [-0.2, -0.15) is 0 Å². The van der Waals surface area contributed by atoms with Crippen molar-refractivity contribution in [2.24, 2.45) is 5.73 Å². The van der Waals surface area contributed by atoms with E-state index in [2.05, 4.69) is 10.6 Å². The van der Waals surface area contributed by atoms with Gasteiger partial charge in [0, 0.05) is 11.6 Å². The summed E-state index contributed by atoms with van der Waals surface area (Å²) in [5.74, 6) is -1.28. The van der Waals surface area contributed by atoms with Crippen molar-refractivity contribution >= 4 is 11.6 Å². The Morgan fingerprint density at radius 1 is 1.45 bits per heavy atom. The maximum Gasteiger partial charge on any atom is 0.253 e. The van der Waals surface area contributed by atoms with Crippen molar-refractivity contribution in [3.8, 4) is 0 Å². The van der Waals surface area contributed by atoms with E-state index in [4.69, 9.17) is 5.73 Å². The number of primary amides is 1. The Morgan fingerprint density at radius 2 is 2.25 bits per heavy atom. The normalized spacial score (nSPS) is 24.1. The van der Waals surface area contributed by atoms with Crippen molar-refractivity contribution in [3.05, 3.63) is 29.6 Å². The van der Waals surface area contributed by atoms with Crippen molar-refractivity contribution in [1.82, 2.24) is 5.32 Å². The molecule has 108 valence electrons. The van der Waals surface area contributed by atoms with E-state index in [1.165, 1.54) is 25.3 Å². The molecule has 1 spiro atoms. The molecule has 1 saturated carbocycles. The summed E-state index contributed by atoms with van der Waals surface area (Å²) < 4.78 is 13.7. The quantitative estimate of drug-likeness (QED) is 0.791. The number of rotatable bonds is 3. The molecule has 1 aromatic carbocycles. The van der Waals surface area contributed by atoms with Crippen LogP contribution in [0, 0.1) is 5.82 Å². The number of halogens is 1. The van der Waals surface area contributed by atoms with Crippen molar-refractivity contribution < 1.29 is 9.18 Å². The predicted octanol–water partition coefficient (Wildman–Crippen LogP) is 2.01. The van der Waals surface area contributed by atoms with Crippen LogP contribution in [0.1, 0.15) is 42.5 Å². The zero-order valence-corrected chi connectivity index (χ0v) is 11.4. The summed E-state index contributed by atoms with van der Waals surface area (Å²) in [7, 11) is 0. The summed E-state index contributed by atoms with van der Waals surface area (Å²) in [6, 6.07) is 4.85. The molecule has 2 aliphatic rings. The minimum absolute atomic E-state index is 0.0336. The van der Waals surface area contributed by atoms with Gasteiger partial charge in [0.25, 0.3) is 5.91 Å². The van der Waals surface area contributed by atoms with Gasteiger partial charge in [-0.15, -0.1) is 0 Å². The van der Waals surface area contributed by atoms with Gasteiger partial charge in [-0.25, -0.2) is 4.39 Å². The molecule has 1 aliphatic carbocycles. The SMILES string of the molecule is NC(=O)c1c(F)cccc1NC1CCNC2(CCC2)C1. The van der Waals surface area contributed by atoms with Gasteiger partial charge in [0.15, 0.2) is 0 Å². The highest BCUT2D eigenvalue weighted by Crippen LogP contribution is 2.39. The number of amides is 1. The molecule has 1 heterocycles. The molecule has 0 bridgehead atoms. The summed E-state index contributed by atoms with van der Waals surface area (Å²) in [6.07, 6.45) is 5.67. The fourth-order valence-electron chi connectivity index (χ4n) is 3.38. The van der Waals surface area contributed by atoms with Crippen LogP contribution in [-0.4, -0.2) is 24.0 Å². The fraction of sp³-hybridized carbons (Fsp3) is 0.533. The van der Waals surface area contributed by atoms with Crippen molar-refractivity contribution in [2.75, 3.05) is 11.9 Å². The zero-order chi connectivity index (χ0) is 14.2. The number of carbonyl (C=O) groups excluding carboxylic acids is 1. The molecule has 4 N–H and O–H groups in total. The first-order valence-corrected chi connectivity index (χ1v) is 7.20. The molecule has 0 aromatic heterocycles. The van der Waals surface area contributed by atoms with Gasteiger partial charge in [-0.3, -0.25) is 4.79 Å². The molecule has 1 amide bonds. The van der Waals surface area contributed by atoms with E-state index >= 15 is 0 Å². The van der Waals surface area contributed by atoms with Crippen molar-refractivity contribution in [2.45, 2.75) is 43.7 Å². The van der Waals surface area contributed by atoms with Crippen LogP contribution in [0.25, 0.3) is 0 Å². The summed E-state index contributed by atoms with van der Waals surface area (Å²) in [6.45, 7) is 0.957. The summed E-state index contributed by atoms with van der Waals surface area (Å²) in [4.78, 5) is 11.4. The van der Waals surface area contributed by atoms with Gasteiger partial charge in [-0.05, 0) is 50.8 Å². The van der Waals surface area contributed by atoms with Crippen molar-refractivity contribution in [3.63, 3.8) is 0 Å². The Bertz CT molecular complexity index is 528. The van der Waals surface area contributed by atoms with Crippen LogP contribution in [0.3, 0.4) is 0 Å². The van der Waals surface area contributed by atoms with Crippen LogP contribution >= 0.6 is 0 Å². The monoisotopic (exact) mass is 277 g/mol. The highest BCUT2D eigenvalue weighted by molar-refractivity contribution is 5.98. The van der Waals surface area contributed by atoms with E-state index in [1.54, 1.807) is 12.1 Å². The Balaban J connectivity index is 1.77. The standard InChI is InChI=1S/C15H20FN3O/c16-11-3-1-4-12(13(11)14(17)20)19-10-5-8-18-15(9-10)6-2-7-15/h1,3-4,10,18-19H,2,5-9H2,(H2,17,20). The highest BCUT2D eigenvalue weighted by Gasteiger charge is 2.41. The average Bonchev–Trinajstić information content (AvgIpc) is 2.37. The molecule has 1 aliphatic heterocycles. The Morgan fingerprint density at radius 3 is 2.90 bits per heavy atom. The molecule has 2 fully saturated rings. The largest absolute Gasteiger partial charge is 0.381 e. The summed E-state index contributed by atoms with van der Waals surface area (Å²) in [5.41, 5.74) is 6.02. The van der Waals surface area contributed by atoms with Gasteiger partial charge >= 0.3 is 0 Å².